The van der Waals surface area contributed by atoms with Gasteiger partial charge < -0.3 is 9.67 Å². The van der Waals surface area contributed by atoms with E-state index in [0.717, 1.165) is 19.6 Å². The molecule has 0 saturated carbocycles. The van der Waals surface area contributed by atoms with Crippen LogP contribution in [-0.4, -0.2) is 33.8 Å². The predicted octanol–water partition coefficient (Wildman–Crippen LogP) is 0.611. The molecule has 1 saturated heterocycles. The van der Waals surface area contributed by atoms with Crippen LogP contribution in [0.2, 0.25) is 0 Å². The highest BCUT2D eigenvalue weighted by atomic mass is 16.3. The molecule has 0 unspecified atom stereocenters. The second-order valence-electron chi connectivity index (χ2n) is 4.48. The number of aliphatic hydroxyl groups is 1. The summed E-state index contributed by atoms with van der Waals surface area (Å²) in [7, 11) is 0. The van der Waals surface area contributed by atoms with Crippen molar-refractivity contribution in [1.29, 1.82) is 0 Å². The first-order chi connectivity index (χ1) is 6.81. The van der Waals surface area contributed by atoms with E-state index in [2.05, 4.69) is 21.7 Å². The molecule has 0 bridgehead atoms. The van der Waals surface area contributed by atoms with Gasteiger partial charge in [-0.25, -0.2) is 0 Å². The van der Waals surface area contributed by atoms with Crippen molar-refractivity contribution in [2.24, 2.45) is 0 Å². The first kappa shape index (κ1) is 8.50. The number of aliphatic hydroxyl groups excluding tert-OH is 1. The van der Waals surface area contributed by atoms with E-state index in [9.17, 15) is 0 Å². The van der Waals surface area contributed by atoms with Gasteiger partial charge in [-0.05, 0) is 24.5 Å². The molecule has 1 N–H and O–H groups in total. The Morgan fingerprint density at radius 3 is 3.00 bits per heavy atom. The molecule has 3 heterocycles. The van der Waals surface area contributed by atoms with Gasteiger partial charge in [-0.15, -0.1) is 0 Å². The molecule has 1 aromatic heterocycles. The summed E-state index contributed by atoms with van der Waals surface area (Å²) in [5.41, 5.74) is 2.90. The Kier molecular flexibility index (Phi) is 1.89. The Morgan fingerprint density at radius 2 is 2.29 bits per heavy atom. The van der Waals surface area contributed by atoms with Gasteiger partial charge in [-0.2, -0.15) is 0 Å². The fraction of sp³-hybridized carbons (Fsp3) is 0.636. The van der Waals surface area contributed by atoms with Gasteiger partial charge in [0.25, 0.3) is 0 Å². The maximum atomic E-state index is 9.17. The molecule has 0 aromatic carbocycles. The largest absolute Gasteiger partial charge is 0.390 e. The lowest BCUT2D eigenvalue weighted by molar-refractivity contribution is -0.00287. The number of likely N-dealkylation sites (tertiary alicyclic amines) is 1. The first-order valence-corrected chi connectivity index (χ1v) is 5.39. The quantitative estimate of drug-likeness (QED) is 0.743. The van der Waals surface area contributed by atoms with Crippen LogP contribution in [-0.2, 0) is 19.5 Å². The van der Waals surface area contributed by atoms with E-state index in [0.29, 0.717) is 0 Å². The third-order valence-corrected chi connectivity index (χ3v) is 3.22. The molecule has 2 aliphatic heterocycles. The van der Waals surface area contributed by atoms with Crippen molar-refractivity contribution in [2.75, 3.05) is 13.1 Å². The smallest absolute Gasteiger partial charge is 0.0794 e. The van der Waals surface area contributed by atoms with E-state index in [1.54, 1.807) is 0 Å². The zero-order valence-corrected chi connectivity index (χ0v) is 8.32. The third-order valence-electron chi connectivity index (χ3n) is 3.22. The molecule has 0 radical (unpaired) electrons. The zero-order chi connectivity index (χ0) is 9.54. The number of fused-ring (bicyclic) bond motifs is 1. The summed E-state index contributed by atoms with van der Waals surface area (Å²) in [5.74, 6) is 0. The van der Waals surface area contributed by atoms with Gasteiger partial charge in [0, 0.05) is 38.1 Å². The zero-order valence-electron chi connectivity index (χ0n) is 8.32. The van der Waals surface area contributed by atoms with E-state index in [-0.39, 0.29) is 6.10 Å². The number of hydrogen-bond donors (Lipinski definition) is 1. The molecule has 0 aliphatic carbocycles. The predicted molar refractivity (Wildman–Crippen MR) is 54.0 cm³/mol. The molecule has 2 aliphatic rings. The van der Waals surface area contributed by atoms with Crippen molar-refractivity contribution in [3.8, 4) is 0 Å². The Hall–Kier alpha value is -0.800. The number of hydrogen-bond acceptors (Lipinski definition) is 2. The number of aromatic nitrogens is 1. The summed E-state index contributed by atoms with van der Waals surface area (Å²) < 4.78 is 2.37. The SMILES string of the molecule is OC1CN(Cc2cc3n(c2)CCC3)C1. The molecule has 3 heteroatoms. The number of aryl methyl sites for hydroxylation is 2. The minimum Gasteiger partial charge on any atom is -0.390 e. The molecule has 1 fully saturated rings. The van der Waals surface area contributed by atoms with E-state index < -0.39 is 0 Å². The van der Waals surface area contributed by atoms with E-state index in [1.165, 1.54) is 30.6 Å². The second kappa shape index (κ2) is 3.11. The maximum Gasteiger partial charge on any atom is 0.0794 e. The minimum atomic E-state index is -0.0792. The Balaban J connectivity index is 1.66. The third kappa shape index (κ3) is 1.37. The molecule has 3 nitrogen and oxygen atoms in total. The Labute approximate surface area is 83.9 Å². The summed E-state index contributed by atoms with van der Waals surface area (Å²) in [6.45, 7) is 3.90. The van der Waals surface area contributed by atoms with E-state index >= 15 is 0 Å². The summed E-state index contributed by atoms with van der Waals surface area (Å²) in [6.07, 6.45) is 4.73. The van der Waals surface area contributed by atoms with Gasteiger partial charge >= 0.3 is 0 Å². The van der Waals surface area contributed by atoms with Gasteiger partial charge in [0.1, 0.15) is 0 Å². The topological polar surface area (TPSA) is 28.4 Å². The number of rotatable bonds is 2. The number of β-amino-alcohol motifs (C(OH)–C–C–N with tert-alkyl or cyclic N) is 1. The first-order valence-electron chi connectivity index (χ1n) is 5.39. The van der Waals surface area contributed by atoms with Crippen molar-refractivity contribution >= 4 is 0 Å². The molecule has 0 atom stereocenters. The van der Waals surface area contributed by atoms with Crippen LogP contribution >= 0.6 is 0 Å². The molecular formula is C11H16N2O. The fourth-order valence-corrected chi connectivity index (χ4v) is 2.49. The van der Waals surface area contributed by atoms with Crippen molar-refractivity contribution < 1.29 is 5.11 Å². The lowest BCUT2D eigenvalue weighted by Gasteiger charge is -2.35. The highest BCUT2D eigenvalue weighted by molar-refractivity contribution is 5.21. The van der Waals surface area contributed by atoms with Crippen LogP contribution in [0, 0.1) is 0 Å². The van der Waals surface area contributed by atoms with E-state index in [4.69, 9.17) is 5.11 Å². The van der Waals surface area contributed by atoms with Crippen molar-refractivity contribution in [3.63, 3.8) is 0 Å². The monoisotopic (exact) mass is 192 g/mol. The fourth-order valence-electron chi connectivity index (χ4n) is 2.49. The van der Waals surface area contributed by atoms with Crippen molar-refractivity contribution in [2.45, 2.75) is 32.0 Å². The average molecular weight is 192 g/mol. The minimum absolute atomic E-state index is 0.0792. The van der Waals surface area contributed by atoms with Gasteiger partial charge in [-0.1, -0.05) is 0 Å². The summed E-state index contributed by atoms with van der Waals surface area (Å²) >= 11 is 0. The molecule has 1 aromatic rings. The average Bonchev–Trinajstić information content (AvgIpc) is 2.60. The van der Waals surface area contributed by atoms with Crippen LogP contribution in [0.5, 0.6) is 0 Å². The lowest BCUT2D eigenvalue weighted by Crippen LogP contribution is -2.49. The van der Waals surface area contributed by atoms with Crippen molar-refractivity contribution in [1.82, 2.24) is 9.47 Å². The van der Waals surface area contributed by atoms with Crippen LogP contribution in [0.15, 0.2) is 12.3 Å². The normalized spacial score (nSPS) is 22.4. The highest BCUT2D eigenvalue weighted by Crippen LogP contribution is 2.20. The number of nitrogens with zero attached hydrogens (tertiary/aromatic N) is 2. The van der Waals surface area contributed by atoms with Gasteiger partial charge in [0.2, 0.25) is 0 Å². The molecule has 14 heavy (non-hydrogen) atoms. The van der Waals surface area contributed by atoms with Crippen LogP contribution in [0.4, 0.5) is 0 Å². The van der Waals surface area contributed by atoms with Gasteiger partial charge in [0.05, 0.1) is 6.10 Å². The molecule has 0 amide bonds. The van der Waals surface area contributed by atoms with Crippen LogP contribution < -0.4 is 0 Å². The van der Waals surface area contributed by atoms with Gasteiger partial charge in [-0.3, -0.25) is 4.90 Å². The lowest BCUT2D eigenvalue weighted by atomic mass is 10.1. The molecular weight excluding hydrogens is 176 g/mol. The second-order valence-corrected chi connectivity index (χ2v) is 4.48. The molecule has 3 rings (SSSR count). The van der Waals surface area contributed by atoms with Crippen molar-refractivity contribution in [3.05, 3.63) is 23.5 Å². The Bertz CT molecular complexity index is 318. The highest BCUT2D eigenvalue weighted by Gasteiger charge is 2.24. The summed E-state index contributed by atoms with van der Waals surface area (Å²) in [5, 5.41) is 9.17. The molecule has 0 spiro atoms. The van der Waals surface area contributed by atoms with Crippen LogP contribution in [0.3, 0.4) is 0 Å². The summed E-state index contributed by atoms with van der Waals surface area (Å²) in [6, 6.07) is 2.32. The van der Waals surface area contributed by atoms with Crippen LogP contribution in [0.1, 0.15) is 17.7 Å². The van der Waals surface area contributed by atoms with Gasteiger partial charge in [0.15, 0.2) is 0 Å². The Morgan fingerprint density at radius 1 is 1.43 bits per heavy atom. The van der Waals surface area contributed by atoms with E-state index in [1.807, 2.05) is 0 Å². The standard InChI is InChI=1S/C11H16N2O/c14-11-7-12(8-11)5-9-4-10-2-1-3-13(10)6-9/h4,6,11,14H,1-3,5,7-8H2. The van der Waals surface area contributed by atoms with Crippen LogP contribution in [0.25, 0.3) is 0 Å². The molecule has 76 valence electrons. The maximum absolute atomic E-state index is 9.17. The summed E-state index contributed by atoms with van der Waals surface area (Å²) in [4.78, 5) is 2.29.